The first-order valence-electron chi connectivity index (χ1n) is 4.01. The Morgan fingerprint density at radius 3 is 2.64 bits per heavy atom. The smallest absolute Gasteiger partial charge is 0.334 e. The van der Waals surface area contributed by atoms with Gasteiger partial charge in [-0.25, -0.2) is 4.79 Å². The fraction of sp³-hybridized carbons (Fsp3) is 0.667. The maximum atomic E-state index is 11.0. The second-order valence-electron chi connectivity index (χ2n) is 3.40. The molecule has 1 heterocycles. The molecule has 0 bridgehead atoms. The first-order chi connectivity index (χ1) is 5.09. The third kappa shape index (κ3) is 2.07. The summed E-state index contributed by atoms with van der Waals surface area (Å²) in [4.78, 5) is 11.0. The molecule has 2 heteroatoms. The van der Waals surface area contributed by atoms with Gasteiger partial charge in [-0.3, -0.25) is 0 Å². The average molecular weight is 154 g/mol. The summed E-state index contributed by atoms with van der Waals surface area (Å²) in [5.41, 5.74) is 0.840. The monoisotopic (exact) mass is 154 g/mol. The summed E-state index contributed by atoms with van der Waals surface area (Å²) in [5.74, 6) is 0.394. The van der Waals surface area contributed by atoms with Crippen molar-refractivity contribution in [2.24, 2.45) is 5.92 Å². The van der Waals surface area contributed by atoms with Crippen molar-refractivity contribution in [1.82, 2.24) is 0 Å². The van der Waals surface area contributed by atoms with Gasteiger partial charge in [0.1, 0.15) is 6.10 Å². The molecule has 2 nitrogen and oxygen atoms in total. The first-order valence-corrected chi connectivity index (χ1v) is 4.01. The molecule has 0 N–H and O–H groups in total. The Hall–Kier alpha value is -0.790. The fourth-order valence-electron chi connectivity index (χ4n) is 1.22. The van der Waals surface area contributed by atoms with E-state index in [1.807, 2.05) is 13.0 Å². The lowest BCUT2D eigenvalue weighted by molar-refractivity contribution is -0.139. The molecule has 0 radical (unpaired) electrons. The van der Waals surface area contributed by atoms with E-state index in [2.05, 4.69) is 13.8 Å². The van der Waals surface area contributed by atoms with Crippen LogP contribution in [-0.4, -0.2) is 12.1 Å². The standard InChI is InChI=1S/C9H14O2/c1-6(2)4-8-5-7(3)11-9(8)10/h5-7H,4H2,1-3H3. The van der Waals surface area contributed by atoms with Gasteiger partial charge in [-0.1, -0.05) is 13.8 Å². The molecule has 1 atom stereocenters. The number of hydrogen-bond acceptors (Lipinski definition) is 2. The predicted octanol–water partition coefficient (Wildman–Crippen LogP) is 1.90. The molecule has 0 saturated heterocycles. The van der Waals surface area contributed by atoms with Crippen molar-refractivity contribution in [3.05, 3.63) is 11.6 Å². The predicted molar refractivity (Wildman–Crippen MR) is 43.1 cm³/mol. The van der Waals surface area contributed by atoms with Crippen molar-refractivity contribution in [3.63, 3.8) is 0 Å². The maximum absolute atomic E-state index is 11.0. The summed E-state index contributed by atoms with van der Waals surface area (Å²) in [6, 6.07) is 0. The molecule has 0 spiro atoms. The van der Waals surface area contributed by atoms with Crippen molar-refractivity contribution in [2.75, 3.05) is 0 Å². The highest BCUT2D eigenvalue weighted by molar-refractivity contribution is 5.90. The zero-order chi connectivity index (χ0) is 8.43. The van der Waals surface area contributed by atoms with Crippen LogP contribution in [0.4, 0.5) is 0 Å². The van der Waals surface area contributed by atoms with Crippen LogP contribution in [0.15, 0.2) is 11.6 Å². The average Bonchev–Trinajstić information content (AvgIpc) is 2.09. The molecular formula is C9H14O2. The SMILES string of the molecule is CC(C)CC1=CC(C)OC1=O. The Bertz CT molecular complexity index is 192. The molecular weight excluding hydrogens is 140 g/mol. The lowest BCUT2D eigenvalue weighted by Gasteiger charge is -2.02. The van der Waals surface area contributed by atoms with Gasteiger partial charge in [-0.2, -0.15) is 0 Å². The summed E-state index contributed by atoms with van der Waals surface area (Å²) < 4.78 is 4.94. The summed E-state index contributed by atoms with van der Waals surface area (Å²) in [6.45, 7) is 6.07. The lowest BCUT2D eigenvalue weighted by Crippen LogP contribution is -2.04. The van der Waals surface area contributed by atoms with E-state index in [1.54, 1.807) is 0 Å². The van der Waals surface area contributed by atoms with E-state index in [0.29, 0.717) is 5.92 Å². The topological polar surface area (TPSA) is 26.3 Å². The van der Waals surface area contributed by atoms with E-state index in [1.165, 1.54) is 0 Å². The molecule has 0 fully saturated rings. The second-order valence-corrected chi connectivity index (χ2v) is 3.40. The van der Waals surface area contributed by atoms with E-state index < -0.39 is 0 Å². The lowest BCUT2D eigenvalue weighted by atomic mass is 10.0. The molecule has 0 aromatic heterocycles. The molecule has 0 aliphatic carbocycles. The fourth-order valence-corrected chi connectivity index (χ4v) is 1.22. The minimum absolute atomic E-state index is 0.0174. The van der Waals surface area contributed by atoms with Gasteiger partial charge in [0.25, 0.3) is 0 Å². The van der Waals surface area contributed by atoms with Gasteiger partial charge in [-0.05, 0) is 25.3 Å². The van der Waals surface area contributed by atoms with E-state index in [-0.39, 0.29) is 12.1 Å². The Morgan fingerprint density at radius 2 is 2.27 bits per heavy atom. The van der Waals surface area contributed by atoms with E-state index in [9.17, 15) is 4.79 Å². The van der Waals surface area contributed by atoms with Gasteiger partial charge in [-0.15, -0.1) is 0 Å². The number of esters is 1. The number of carbonyl (C=O) groups excluding carboxylic acids is 1. The van der Waals surface area contributed by atoms with E-state index in [0.717, 1.165) is 12.0 Å². The van der Waals surface area contributed by atoms with Gasteiger partial charge in [0.15, 0.2) is 0 Å². The van der Waals surface area contributed by atoms with Crippen LogP contribution in [0.2, 0.25) is 0 Å². The van der Waals surface area contributed by atoms with E-state index >= 15 is 0 Å². The molecule has 62 valence electrons. The van der Waals surface area contributed by atoms with Crippen molar-refractivity contribution in [1.29, 1.82) is 0 Å². The van der Waals surface area contributed by atoms with Crippen LogP contribution in [-0.2, 0) is 9.53 Å². The Morgan fingerprint density at radius 1 is 1.64 bits per heavy atom. The minimum Gasteiger partial charge on any atom is -0.455 e. The van der Waals surface area contributed by atoms with Crippen LogP contribution in [0.5, 0.6) is 0 Å². The number of hydrogen-bond donors (Lipinski definition) is 0. The molecule has 1 rings (SSSR count). The van der Waals surface area contributed by atoms with Gasteiger partial charge < -0.3 is 4.74 Å². The summed E-state index contributed by atoms with van der Waals surface area (Å²) in [6.07, 6.45) is 2.72. The second kappa shape index (κ2) is 3.07. The molecule has 1 unspecified atom stereocenters. The van der Waals surface area contributed by atoms with Crippen LogP contribution in [0, 0.1) is 5.92 Å². The summed E-state index contributed by atoms with van der Waals surface area (Å²) in [7, 11) is 0. The highest BCUT2D eigenvalue weighted by atomic mass is 16.5. The first kappa shape index (κ1) is 8.31. The molecule has 0 aromatic carbocycles. The summed E-state index contributed by atoms with van der Waals surface area (Å²) >= 11 is 0. The largest absolute Gasteiger partial charge is 0.455 e. The van der Waals surface area contributed by atoms with Crippen molar-refractivity contribution in [3.8, 4) is 0 Å². The normalized spacial score (nSPS) is 23.8. The number of carbonyl (C=O) groups is 1. The van der Waals surface area contributed by atoms with Crippen molar-refractivity contribution >= 4 is 5.97 Å². The number of ether oxygens (including phenoxy) is 1. The Balaban J connectivity index is 2.57. The highest BCUT2D eigenvalue weighted by Crippen LogP contribution is 2.19. The number of cyclic esters (lactones) is 1. The quantitative estimate of drug-likeness (QED) is 0.568. The van der Waals surface area contributed by atoms with Gasteiger partial charge in [0.2, 0.25) is 0 Å². The van der Waals surface area contributed by atoms with Gasteiger partial charge in [0.05, 0.1) is 0 Å². The Labute approximate surface area is 67.2 Å². The summed E-state index contributed by atoms with van der Waals surface area (Å²) in [5, 5.41) is 0. The maximum Gasteiger partial charge on any atom is 0.334 e. The van der Waals surface area contributed by atoms with Crippen molar-refractivity contribution < 1.29 is 9.53 Å². The molecule has 11 heavy (non-hydrogen) atoms. The van der Waals surface area contributed by atoms with Crippen LogP contribution in [0.25, 0.3) is 0 Å². The van der Waals surface area contributed by atoms with E-state index in [4.69, 9.17) is 4.74 Å². The van der Waals surface area contributed by atoms with Crippen LogP contribution in [0.3, 0.4) is 0 Å². The van der Waals surface area contributed by atoms with Crippen LogP contribution < -0.4 is 0 Å². The third-order valence-corrected chi connectivity index (χ3v) is 1.62. The Kier molecular flexibility index (Phi) is 2.32. The third-order valence-electron chi connectivity index (χ3n) is 1.62. The highest BCUT2D eigenvalue weighted by Gasteiger charge is 2.22. The zero-order valence-corrected chi connectivity index (χ0v) is 7.26. The van der Waals surface area contributed by atoms with Crippen LogP contribution >= 0.6 is 0 Å². The van der Waals surface area contributed by atoms with Crippen LogP contribution in [0.1, 0.15) is 27.2 Å². The number of rotatable bonds is 2. The molecule has 1 aliphatic rings. The molecule has 0 saturated carbocycles. The van der Waals surface area contributed by atoms with Crippen molar-refractivity contribution in [2.45, 2.75) is 33.3 Å². The molecule has 0 aromatic rings. The molecule has 0 amide bonds. The minimum atomic E-state index is -0.133. The zero-order valence-electron chi connectivity index (χ0n) is 7.26. The molecule has 1 aliphatic heterocycles. The van der Waals surface area contributed by atoms with Gasteiger partial charge in [0, 0.05) is 5.57 Å². The van der Waals surface area contributed by atoms with Gasteiger partial charge >= 0.3 is 5.97 Å².